The minimum absolute atomic E-state index is 0.0175. The number of anilines is 1. The summed E-state index contributed by atoms with van der Waals surface area (Å²) in [6.45, 7) is 6.56. The molecule has 41 heavy (non-hydrogen) atoms. The highest BCUT2D eigenvalue weighted by Gasteiger charge is 2.20. The van der Waals surface area contributed by atoms with Gasteiger partial charge in [-0.25, -0.2) is 0 Å². The number of rotatable bonds is 8. The van der Waals surface area contributed by atoms with Crippen molar-refractivity contribution in [2.75, 3.05) is 11.9 Å². The Balaban J connectivity index is 1.69. The van der Waals surface area contributed by atoms with Gasteiger partial charge in [0.25, 0.3) is 5.91 Å². The molecule has 0 spiro atoms. The molecule has 5 aromatic rings. The lowest BCUT2D eigenvalue weighted by Crippen LogP contribution is -2.13. The van der Waals surface area contributed by atoms with Crippen molar-refractivity contribution < 1.29 is 9.53 Å². The van der Waals surface area contributed by atoms with Crippen molar-refractivity contribution in [3.63, 3.8) is 0 Å². The van der Waals surface area contributed by atoms with Crippen molar-refractivity contribution in [2.24, 2.45) is 0 Å². The summed E-state index contributed by atoms with van der Waals surface area (Å²) < 4.78 is 7.86. The number of hydrogen-bond acceptors (Lipinski definition) is 3. The number of hydrogen-bond donors (Lipinski definition) is 1. The molecule has 202 valence electrons. The zero-order chi connectivity index (χ0) is 28.8. The predicted molar refractivity (Wildman–Crippen MR) is 166 cm³/mol. The third-order valence-electron chi connectivity index (χ3n) is 6.98. The van der Waals surface area contributed by atoms with E-state index in [-0.39, 0.29) is 5.57 Å². The normalized spacial score (nSPS) is 11.1. The zero-order valence-electron chi connectivity index (χ0n) is 23.4. The van der Waals surface area contributed by atoms with Crippen molar-refractivity contribution in [1.29, 1.82) is 5.26 Å². The summed E-state index contributed by atoms with van der Waals surface area (Å²) in [6, 6.07) is 37.9. The fourth-order valence-electron chi connectivity index (χ4n) is 4.80. The van der Waals surface area contributed by atoms with Gasteiger partial charge in [-0.05, 0) is 91.6 Å². The van der Waals surface area contributed by atoms with E-state index in [0.717, 1.165) is 50.6 Å². The van der Waals surface area contributed by atoms with Gasteiger partial charge in [-0.1, -0.05) is 66.7 Å². The van der Waals surface area contributed by atoms with Gasteiger partial charge in [0, 0.05) is 16.9 Å². The number of aromatic nitrogens is 1. The standard InChI is InChI=1S/C36H31N3O2/c1-4-41-33-19-17-32(18-20-33)39-34(27-11-7-5-8-12-27)23-29(35(39)28-13-9-6-10-14-28)22-30(24-37)36(40)38-31-16-15-25(2)26(3)21-31/h5-23H,4H2,1-3H3,(H,38,40)/b30-22+. The van der Waals surface area contributed by atoms with Crippen LogP contribution in [0.3, 0.4) is 0 Å². The Morgan fingerprint density at radius 2 is 1.51 bits per heavy atom. The van der Waals surface area contributed by atoms with Crippen LogP contribution in [0.15, 0.2) is 115 Å². The molecule has 1 heterocycles. The molecule has 0 saturated carbocycles. The van der Waals surface area contributed by atoms with E-state index in [1.165, 1.54) is 0 Å². The van der Waals surface area contributed by atoms with E-state index in [1.807, 2.05) is 118 Å². The molecule has 5 rings (SSSR count). The van der Waals surface area contributed by atoms with Crippen LogP contribution in [-0.4, -0.2) is 17.1 Å². The van der Waals surface area contributed by atoms with Crippen LogP contribution in [0.1, 0.15) is 23.6 Å². The highest BCUT2D eigenvalue weighted by molar-refractivity contribution is 6.10. The highest BCUT2D eigenvalue weighted by Crippen LogP contribution is 2.37. The summed E-state index contributed by atoms with van der Waals surface area (Å²) >= 11 is 0. The Morgan fingerprint density at radius 3 is 2.12 bits per heavy atom. The third-order valence-corrected chi connectivity index (χ3v) is 6.98. The number of aryl methyl sites for hydroxylation is 2. The first-order valence-corrected chi connectivity index (χ1v) is 13.6. The fraction of sp³-hybridized carbons (Fsp3) is 0.111. The first kappa shape index (κ1) is 27.2. The maximum atomic E-state index is 13.3. The maximum absolute atomic E-state index is 13.3. The van der Waals surface area contributed by atoms with E-state index >= 15 is 0 Å². The van der Waals surface area contributed by atoms with Crippen molar-refractivity contribution >= 4 is 17.7 Å². The van der Waals surface area contributed by atoms with Crippen LogP contribution < -0.4 is 10.1 Å². The van der Waals surface area contributed by atoms with Crippen LogP contribution in [0.4, 0.5) is 5.69 Å². The topological polar surface area (TPSA) is 67.0 Å². The van der Waals surface area contributed by atoms with E-state index in [2.05, 4.69) is 28.1 Å². The second kappa shape index (κ2) is 12.2. The fourth-order valence-corrected chi connectivity index (χ4v) is 4.80. The van der Waals surface area contributed by atoms with E-state index in [4.69, 9.17) is 4.74 Å². The summed E-state index contributed by atoms with van der Waals surface area (Å²) in [5.41, 5.74) is 8.35. The van der Waals surface area contributed by atoms with E-state index in [0.29, 0.717) is 12.3 Å². The van der Waals surface area contributed by atoms with Gasteiger partial charge in [0.2, 0.25) is 0 Å². The van der Waals surface area contributed by atoms with Crippen molar-refractivity contribution in [3.8, 4) is 40.0 Å². The van der Waals surface area contributed by atoms with Crippen LogP contribution >= 0.6 is 0 Å². The second-order valence-corrected chi connectivity index (χ2v) is 9.75. The average molecular weight is 538 g/mol. The second-order valence-electron chi connectivity index (χ2n) is 9.75. The van der Waals surface area contributed by atoms with Gasteiger partial charge in [0.1, 0.15) is 17.4 Å². The first-order valence-electron chi connectivity index (χ1n) is 13.6. The lowest BCUT2D eigenvalue weighted by Gasteiger charge is -2.16. The van der Waals surface area contributed by atoms with Gasteiger partial charge < -0.3 is 14.6 Å². The number of ether oxygens (including phenoxy) is 1. The summed E-state index contributed by atoms with van der Waals surface area (Å²) in [4.78, 5) is 13.3. The predicted octanol–water partition coefficient (Wildman–Crippen LogP) is 8.37. The summed E-state index contributed by atoms with van der Waals surface area (Å²) in [5, 5.41) is 13.0. The zero-order valence-corrected chi connectivity index (χ0v) is 23.4. The quantitative estimate of drug-likeness (QED) is 0.160. The number of nitrogens with one attached hydrogen (secondary N) is 1. The SMILES string of the molecule is CCOc1ccc(-n2c(-c3ccccc3)cc(/C=C(\C#N)C(=O)Nc3ccc(C)c(C)c3)c2-c2ccccc2)cc1. The molecule has 1 N–H and O–H groups in total. The van der Waals surface area contributed by atoms with Crippen LogP contribution in [0, 0.1) is 25.2 Å². The molecule has 0 aliphatic heterocycles. The van der Waals surface area contributed by atoms with Gasteiger partial charge >= 0.3 is 0 Å². The van der Waals surface area contributed by atoms with Gasteiger partial charge in [0.05, 0.1) is 18.0 Å². The molecule has 0 atom stereocenters. The summed E-state index contributed by atoms with van der Waals surface area (Å²) in [7, 11) is 0. The molecule has 0 bridgehead atoms. The number of carbonyl (C=O) groups excluding carboxylic acids is 1. The molecule has 1 amide bonds. The van der Waals surface area contributed by atoms with Gasteiger partial charge in [-0.3, -0.25) is 4.79 Å². The Labute approximate surface area is 241 Å². The van der Waals surface area contributed by atoms with E-state index in [1.54, 1.807) is 6.08 Å². The third kappa shape index (κ3) is 5.98. The van der Waals surface area contributed by atoms with Crippen molar-refractivity contribution in [2.45, 2.75) is 20.8 Å². The Kier molecular flexibility index (Phi) is 8.13. The molecular weight excluding hydrogens is 506 g/mol. The van der Waals surface area contributed by atoms with Gasteiger partial charge in [0.15, 0.2) is 0 Å². The molecule has 0 aliphatic carbocycles. The number of carbonyl (C=O) groups is 1. The lowest BCUT2D eigenvalue weighted by molar-refractivity contribution is -0.112. The van der Waals surface area contributed by atoms with Crippen LogP contribution in [0.25, 0.3) is 34.3 Å². The van der Waals surface area contributed by atoms with Crippen molar-refractivity contribution in [1.82, 2.24) is 4.57 Å². The molecule has 0 saturated heterocycles. The monoisotopic (exact) mass is 537 g/mol. The average Bonchev–Trinajstić information content (AvgIpc) is 3.38. The molecular formula is C36H31N3O2. The van der Waals surface area contributed by atoms with E-state index < -0.39 is 5.91 Å². The molecule has 5 heteroatoms. The summed E-state index contributed by atoms with van der Waals surface area (Å²) in [6.07, 6.45) is 1.68. The number of nitrogens with zero attached hydrogens (tertiary/aromatic N) is 2. The van der Waals surface area contributed by atoms with Gasteiger partial charge in [-0.2, -0.15) is 5.26 Å². The minimum Gasteiger partial charge on any atom is -0.494 e. The molecule has 0 fully saturated rings. The highest BCUT2D eigenvalue weighted by atomic mass is 16.5. The number of nitriles is 1. The number of benzene rings is 4. The van der Waals surface area contributed by atoms with Crippen LogP contribution in [-0.2, 0) is 4.79 Å². The number of amides is 1. The smallest absolute Gasteiger partial charge is 0.266 e. The lowest BCUT2D eigenvalue weighted by atomic mass is 10.0. The molecule has 5 nitrogen and oxygen atoms in total. The summed E-state index contributed by atoms with van der Waals surface area (Å²) in [5.74, 6) is 0.339. The molecule has 4 aromatic carbocycles. The Morgan fingerprint density at radius 1 is 0.854 bits per heavy atom. The largest absolute Gasteiger partial charge is 0.494 e. The van der Waals surface area contributed by atoms with Crippen molar-refractivity contribution in [3.05, 3.63) is 131 Å². The van der Waals surface area contributed by atoms with Crippen LogP contribution in [0.2, 0.25) is 0 Å². The Hall–Kier alpha value is -5.34. The van der Waals surface area contributed by atoms with Gasteiger partial charge in [-0.15, -0.1) is 0 Å². The maximum Gasteiger partial charge on any atom is 0.266 e. The Bertz CT molecular complexity index is 1740. The molecule has 0 unspecified atom stereocenters. The van der Waals surface area contributed by atoms with Crippen LogP contribution in [0.5, 0.6) is 5.75 Å². The minimum atomic E-state index is -0.454. The molecule has 0 aliphatic rings. The van der Waals surface area contributed by atoms with E-state index in [9.17, 15) is 10.1 Å². The molecule has 1 aromatic heterocycles. The molecule has 0 radical (unpaired) electrons. The first-order chi connectivity index (χ1) is 20.0.